The molecule has 3 N–H and O–H groups in total. The standard InChI is InChI=1S/C14H14FN3O2/c1-9(10-5-7-11(15)8-6-10)17-13-4-2-3-12(16)14(13)18(19)20/h2-9,17H,16H2,1H3. The molecule has 0 saturated carbocycles. The first-order valence-corrected chi connectivity index (χ1v) is 6.04. The Morgan fingerprint density at radius 1 is 1.25 bits per heavy atom. The molecule has 0 bridgehead atoms. The Labute approximate surface area is 115 Å². The van der Waals surface area contributed by atoms with E-state index < -0.39 is 4.92 Å². The van der Waals surface area contributed by atoms with Crippen molar-refractivity contribution in [1.82, 2.24) is 0 Å². The zero-order valence-corrected chi connectivity index (χ0v) is 10.8. The highest BCUT2D eigenvalue weighted by Gasteiger charge is 2.19. The SMILES string of the molecule is CC(Nc1cccc(N)c1[N+](=O)[O-])c1ccc(F)cc1. The summed E-state index contributed by atoms with van der Waals surface area (Å²) < 4.78 is 12.9. The third-order valence-electron chi connectivity index (χ3n) is 2.99. The number of nitrogens with two attached hydrogens (primary N) is 1. The molecule has 1 atom stereocenters. The van der Waals surface area contributed by atoms with Gasteiger partial charge in [0.05, 0.1) is 4.92 Å². The number of halogens is 1. The van der Waals surface area contributed by atoms with E-state index in [-0.39, 0.29) is 23.2 Å². The summed E-state index contributed by atoms with van der Waals surface area (Å²) in [6.07, 6.45) is 0. The number of nitro benzene ring substituents is 1. The van der Waals surface area contributed by atoms with Gasteiger partial charge in [-0.3, -0.25) is 10.1 Å². The number of benzene rings is 2. The topological polar surface area (TPSA) is 81.2 Å². The van der Waals surface area contributed by atoms with Crippen LogP contribution in [0.2, 0.25) is 0 Å². The van der Waals surface area contributed by atoms with Gasteiger partial charge in [0.2, 0.25) is 0 Å². The monoisotopic (exact) mass is 275 g/mol. The number of nitro groups is 1. The Morgan fingerprint density at radius 2 is 1.90 bits per heavy atom. The number of hydrogen-bond acceptors (Lipinski definition) is 4. The van der Waals surface area contributed by atoms with Crippen molar-refractivity contribution in [3.63, 3.8) is 0 Å². The molecule has 0 saturated heterocycles. The lowest BCUT2D eigenvalue weighted by molar-refractivity contribution is -0.383. The smallest absolute Gasteiger partial charge is 0.314 e. The molecule has 0 aromatic heterocycles. The molecule has 6 heteroatoms. The quantitative estimate of drug-likeness (QED) is 0.508. The minimum absolute atomic E-state index is 0.103. The van der Waals surface area contributed by atoms with Gasteiger partial charge in [0, 0.05) is 6.04 Å². The minimum atomic E-state index is -0.519. The van der Waals surface area contributed by atoms with Gasteiger partial charge in [-0.25, -0.2) is 4.39 Å². The van der Waals surface area contributed by atoms with Crippen molar-refractivity contribution in [3.05, 3.63) is 64.0 Å². The molecule has 0 aliphatic carbocycles. The van der Waals surface area contributed by atoms with E-state index in [9.17, 15) is 14.5 Å². The molecule has 0 aliphatic heterocycles. The van der Waals surface area contributed by atoms with Crippen molar-refractivity contribution < 1.29 is 9.31 Å². The first kappa shape index (κ1) is 13.8. The summed E-state index contributed by atoms with van der Waals surface area (Å²) in [7, 11) is 0. The summed E-state index contributed by atoms with van der Waals surface area (Å²) in [6.45, 7) is 1.83. The van der Waals surface area contributed by atoms with E-state index in [4.69, 9.17) is 5.73 Å². The molecular weight excluding hydrogens is 261 g/mol. The molecular formula is C14H14FN3O2. The fourth-order valence-corrected chi connectivity index (χ4v) is 1.95. The molecule has 2 aromatic carbocycles. The van der Waals surface area contributed by atoms with Crippen molar-refractivity contribution in [2.45, 2.75) is 13.0 Å². The van der Waals surface area contributed by atoms with Crippen LogP contribution in [0.15, 0.2) is 42.5 Å². The van der Waals surface area contributed by atoms with Gasteiger partial charge in [-0.15, -0.1) is 0 Å². The Morgan fingerprint density at radius 3 is 2.50 bits per heavy atom. The summed E-state index contributed by atoms with van der Waals surface area (Å²) in [4.78, 5) is 10.5. The summed E-state index contributed by atoms with van der Waals surface area (Å²) in [6, 6.07) is 10.5. The molecule has 1 unspecified atom stereocenters. The predicted octanol–water partition coefficient (Wildman–Crippen LogP) is 3.49. The largest absolute Gasteiger partial charge is 0.393 e. The predicted molar refractivity (Wildman–Crippen MR) is 75.9 cm³/mol. The van der Waals surface area contributed by atoms with E-state index in [1.165, 1.54) is 18.2 Å². The minimum Gasteiger partial charge on any atom is -0.393 e. The number of nitrogen functional groups attached to an aromatic ring is 1. The van der Waals surface area contributed by atoms with Gasteiger partial charge in [-0.2, -0.15) is 0 Å². The number of nitrogens with one attached hydrogen (secondary N) is 1. The molecule has 2 rings (SSSR count). The highest BCUT2D eigenvalue weighted by molar-refractivity contribution is 5.74. The van der Waals surface area contributed by atoms with Crippen molar-refractivity contribution in [2.75, 3.05) is 11.1 Å². The Balaban J connectivity index is 2.28. The lowest BCUT2D eigenvalue weighted by Crippen LogP contribution is -2.09. The highest BCUT2D eigenvalue weighted by Crippen LogP contribution is 2.32. The average Bonchev–Trinajstić information content (AvgIpc) is 2.39. The van der Waals surface area contributed by atoms with Crippen LogP contribution >= 0.6 is 0 Å². The maximum Gasteiger partial charge on any atom is 0.314 e. The van der Waals surface area contributed by atoms with Crippen LogP contribution in [0.1, 0.15) is 18.5 Å². The van der Waals surface area contributed by atoms with E-state index >= 15 is 0 Å². The first-order valence-electron chi connectivity index (χ1n) is 6.04. The van der Waals surface area contributed by atoms with Gasteiger partial charge >= 0.3 is 5.69 Å². The van der Waals surface area contributed by atoms with Crippen LogP contribution in [-0.2, 0) is 0 Å². The van der Waals surface area contributed by atoms with Crippen LogP contribution in [0.4, 0.5) is 21.5 Å². The van der Waals surface area contributed by atoms with Gasteiger partial charge in [-0.05, 0) is 36.8 Å². The van der Waals surface area contributed by atoms with Crippen LogP contribution in [-0.4, -0.2) is 4.92 Å². The molecule has 20 heavy (non-hydrogen) atoms. The second-order valence-electron chi connectivity index (χ2n) is 4.42. The Hall–Kier alpha value is -2.63. The van der Waals surface area contributed by atoms with Crippen molar-refractivity contribution >= 4 is 17.1 Å². The van der Waals surface area contributed by atoms with Crippen molar-refractivity contribution in [2.24, 2.45) is 0 Å². The van der Waals surface area contributed by atoms with Crippen molar-refractivity contribution in [1.29, 1.82) is 0 Å². The molecule has 0 radical (unpaired) electrons. The normalized spacial score (nSPS) is 11.9. The first-order chi connectivity index (χ1) is 9.49. The van der Waals surface area contributed by atoms with Crippen molar-refractivity contribution in [3.8, 4) is 0 Å². The van der Waals surface area contributed by atoms with Crippen LogP contribution in [0.3, 0.4) is 0 Å². The summed E-state index contributed by atoms with van der Waals surface area (Å²) >= 11 is 0. The third kappa shape index (κ3) is 2.85. The summed E-state index contributed by atoms with van der Waals surface area (Å²) in [5.41, 5.74) is 6.74. The van der Waals surface area contributed by atoms with E-state index in [1.807, 2.05) is 6.92 Å². The van der Waals surface area contributed by atoms with Gasteiger partial charge in [0.15, 0.2) is 0 Å². The lowest BCUT2D eigenvalue weighted by Gasteiger charge is -2.16. The van der Waals surface area contributed by atoms with Gasteiger partial charge in [0.25, 0.3) is 0 Å². The number of rotatable bonds is 4. The lowest BCUT2D eigenvalue weighted by atomic mass is 10.1. The van der Waals surface area contributed by atoms with Gasteiger partial charge in [0.1, 0.15) is 17.2 Å². The molecule has 104 valence electrons. The Bertz CT molecular complexity index is 629. The van der Waals surface area contributed by atoms with Gasteiger partial charge < -0.3 is 11.1 Å². The maximum atomic E-state index is 12.9. The van der Waals surface area contributed by atoms with E-state index in [2.05, 4.69) is 5.32 Å². The van der Waals surface area contributed by atoms with E-state index in [0.717, 1.165) is 5.56 Å². The van der Waals surface area contributed by atoms with Gasteiger partial charge in [-0.1, -0.05) is 18.2 Å². The van der Waals surface area contributed by atoms with E-state index in [1.54, 1.807) is 24.3 Å². The molecule has 0 heterocycles. The third-order valence-corrected chi connectivity index (χ3v) is 2.99. The molecule has 0 amide bonds. The van der Waals surface area contributed by atoms with Crippen LogP contribution in [0.5, 0.6) is 0 Å². The fourth-order valence-electron chi connectivity index (χ4n) is 1.95. The molecule has 0 spiro atoms. The number of hydrogen-bond donors (Lipinski definition) is 2. The number of anilines is 2. The molecule has 2 aromatic rings. The number of nitrogens with zero attached hydrogens (tertiary/aromatic N) is 1. The molecule has 0 aliphatic rings. The maximum absolute atomic E-state index is 12.9. The Kier molecular flexibility index (Phi) is 3.84. The second kappa shape index (κ2) is 5.56. The number of para-hydroxylation sites is 1. The molecule has 0 fully saturated rings. The fraction of sp³-hybridized carbons (Fsp3) is 0.143. The summed E-state index contributed by atoms with van der Waals surface area (Å²) in [5.74, 6) is -0.323. The van der Waals surface area contributed by atoms with E-state index in [0.29, 0.717) is 5.69 Å². The zero-order chi connectivity index (χ0) is 14.7. The second-order valence-corrected chi connectivity index (χ2v) is 4.42. The van der Waals surface area contributed by atoms with Crippen LogP contribution in [0, 0.1) is 15.9 Å². The van der Waals surface area contributed by atoms with Crippen LogP contribution in [0.25, 0.3) is 0 Å². The molecule has 5 nitrogen and oxygen atoms in total. The highest BCUT2D eigenvalue weighted by atomic mass is 19.1. The average molecular weight is 275 g/mol. The zero-order valence-electron chi connectivity index (χ0n) is 10.8. The van der Waals surface area contributed by atoms with Crippen LogP contribution < -0.4 is 11.1 Å². The summed E-state index contributed by atoms with van der Waals surface area (Å²) in [5, 5.41) is 14.1.